The number of aliphatic hydroxyl groups excluding tert-OH is 1. The zero-order valence-electron chi connectivity index (χ0n) is 41.2. The molecule has 4 nitrogen and oxygen atoms in total. The Hall–Kier alpha value is -1.65. The third kappa shape index (κ3) is 52.6. The van der Waals surface area contributed by atoms with Crippen LogP contribution in [0, 0.1) is 0 Å². The van der Waals surface area contributed by atoms with Gasteiger partial charge in [0.1, 0.15) is 6.10 Å². The first kappa shape index (κ1) is 59.4. The molecular weight excluding hydrogens is 749 g/mol. The van der Waals surface area contributed by atoms with E-state index in [1.165, 1.54) is 231 Å². The summed E-state index contributed by atoms with van der Waals surface area (Å²) < 4.78 is 11.2. The lowest BCUT2D eigenvalue weighted by atomic mass is 10.0. The van der Waals surface area contributed by atoms with E-state index in [0.29, 0.717) is 19.6 Å². The Labute approximate surface area is 382 Å². The van der Waals surface area contributed by atoms with E-state index in [4.69, 9.17) is 9.47 Å². The van der Waals surface area contributed by atoms with Crippen molar-refractivity contribution in [1.82, 2.24) is 0 Å². The van der Waals surface area contributed by atoms with Gasteiger partial charge in [-0.2, -0.15) is 0 Å². The van der Waals surface area contributed by atoms with Crippen LogP contribution in [-0.2, 0) is 14.3 Å². The average Bonchev–Trinajstić information content (AvgIpc) is 3.27. The molecule has 1 unspecified atom stereocenters. The molecule has 0 aliphatic rings. The van der Waals surface area contributed by atoms with E-state index >= 15 is 0 Å². The maximum absolute atomic E-state index is 12.3. The van der Waals surface area contributed by atoms with Crippen molar-refractivity contribution >= 4 is 5.97 Å². The zero-order valence-corrected chi connectivity index (χ0v) is 41.2. The quantitative estimate of drug-likeness (QED) is 0.0376. The fraction of sp³-hybridized carbons (Fsp3) is 0.842. The molecule has 358 valence electrons. The molecule has 0 rings (SSSR count). The van der Waals surface area contributed by atoms with Gasteiger partial charge in [0, 0.05) is 13.0 Å². The second-order valence-corrected chi connectivity index (χ2v) is 18.3. The molecule has 0 amide bonds. The molecule has 0 aliphatic carbocycles. The van der Waals surface area contributed by atoms with E-state index < -0.39 is 6.10 Å². The van der Waals surface area contributed by atoms with Crippen LogP contribution in [-0.4, -0.2) is 37.0 Å². The van der Waals surface area contributed by atoms with Gasteiger partial charge in [-0.05, 0) is 77.0 Å². The molecule has 0 radical (unpaired) electrons. The van der Waals surface area contributed by atoms with Gasteiger partial charge in [-0.3, -0.25) is 4.79 Å². The van der Waals surface area contributed by atoms with Crippen molar-refractivity contribution in [2.24, 2.45) is 0 Å². The Morgan fingerprint density at radius 1 is 0.393 bits per heavy atom. The minimum atomic E-state index is -0.540. The minimum Gasteiger partial charge on any atom is -0.457 e. The maximum Gasteiger partial charge on any atom is 0.306 e. The van der Waals surface area contributed by atoms with Gasteiger partial charge in [0.25, 0.3) is 0 Å². The molecule has 0 heterocycles. The highest BCUT2D eigenvalue weighted by Crippen LogP contribution is 2.16. The van der Waals surface area contributed by atoms with Gasteiger partial charge in [0.05, 0.1) is 13.2 Å². The first-order chi connectivity index (χ1) is 30.2. The largest absolute Gasteiger partial charge is 0.457 e. The Morgan fingerprint density at radius 3 is 1.05 bits per heavy atom. The van der Waals surface area contributed by atoms with Crippen LogP contribution >= 0.6 is 0 Å². The Balaban J connectivity index is 3.40. The summed E-state index contributed by atoms with van der Waals surface area (Å²) in [5.74, 6) is -0.204. The second-order valence-electron chi connectivity index (χ2n) is 18.3. The van der Waals surface area contributed by atoms with Crippen molar-refractivity contribution in [3.63, 3.8) is 0 Å². The maximum atomic E-state index is 12.3. The number of carbonyl (C=O) groups excluding carboxylic acids is 1. The Kier molecular flexibility index (Phi) is 53.0. The third-order valence-electron chi connectivity index (χ3n) is 12.1. The number of allylic oxidation sites excluding steroid dienone is 8. The van der Waals surface area contributed by atoms with Crippen LogP contribution in [0.15, 0.2) is 48.6 Å². The summed E-state index contributed by atoms with van der Waals surface area (Å²) in [6, 6.07) is 0. The highest BCUT2D eigenvalue weighted by molar-refractivity contribution is 5.69. The lowest BCUT2D eigenvalue weighted by Gasteiger charge is -2.16. The molecule has 4 heteroatoms. The number of aliphatic hydroxyl groups is 1. The van der Waals surface area contributed by atoms with Gasteiger partial charge >= 0.3 is 5.97 Å². The molecule has 0 aromatic rings. The summed E-state index contributed by atoms with van der Waals surface area (Å²) in [5, 5.41) is 9.67. The zero-order chi connectivity index (χ0) is 44.0. The highest BCUT2D eigenvalue weighted by atomic mass is 16.6. The predicted molar refractivity (Wildman–Crippen MR) is 270 cm³/mol. The molecule has 0 aliphatic heterocycles. The molecule has 0 spiro atoms. The normalized spacial score (nSPS) is 12.6. The number of ether oxygens (including phenoxy) is 2. The third-order valence-corrected chi connectivity index (χ3v) is 12.1. The molecule has 0 bridgehead atoms. The van der Waals surface area contributed by atoms with Crippen molar-refractivity contribution < 1.29 is 19.4 Å². The summed E-state index contributed by atoms with van der Waals surface area (Å²) in [7, 11) is 0. The fourth-order valence-electron chi connectivity index (χ4n) is 8.04. The van der Waals surface area contributed by atoms with Gasteiger partial charge in [-0.25, -0.2) is 0 Å². The van der Waals surface area contributed by atoms with E-state index in [1.54, 1.807) is 0 Å². The van der Waals surface area contributed by atoms with Crippen molar-refractivity contribution in [2.75, 3.05) is 19.8 Å². The monoisotopic (exact) mass is 855 g/mol. The Bertz CT molecular complexity index is 951. The average molecular weight is 855 g/mol. The number of hydrogen-bond donors (Lipinski definition) is 1. The molecule has 1 N–H and O–H groups in total. The van der Waals surface area contributed by atoms with Crippen LogP contribution in [0.2, 0.25) is 0 Å². The van der Waals surface area contributed by atoms with E-state index in [1.807, 2.05) is 0 Å². The van der Waals surface area contributed by atoms with Gasteiger partial charge in [0.15, 0.2) is 0 Å². The molecule has 0 aromatic heterocycles. The van der Waals surface area contributed by atoms with E-state index in [-0.39, 0.29) is 12.6 Å². The van der Waals surface area contributed by atoms with E-state index in [0.717, 1.165) is 32.1 Å². The van der Waals surface area contributed by atoms with Crippen LogP contribution in [0.5, 0.6) is 0 Å². The van der Waals surface area contributed by atoms with E-state index in [9.17, 15) is 9.90 Å². The summed E-state index contributed by atoms with van der Waals surface area (Å²) in [4.78, 5) is 12.3. The summed E-state index contributed by atoms with van der Waals surface area (Å²) in [5.41, 5.74) is 0. The summed E-state index contributed by atoms with van der Waals surface area (Å²) >= 11 is 0. The number of esters is 1. The van der Waals surface area contributed by atoms with Crippen LogP contribution in [0.4, 0.5) is 0 Å². The topological polar surface area (TPSA) is 55.8 Å². The predicted octanol–water partition coefficient (Wildman–Crippen LogP) is 18.6. The van der Waals surface area contributed by atoms with Crippen molar-refractivity contribution in [3.8, 4) is 0 Å². The lowest BCUT2D eigenvalue weighted by Crippen LogP contribution is -2.27. The van der Waals surface area contributed by atoms with Crippen molar-refractivity contribution in [2.45, 2.75) is 290 Å². The van der Waals surface area contributed by atoms with Gasteiger partial charge in [-0.15, -0.1) is 0 Å². The van der Waals surface area contributed by atoms with Crippen molar-refractivity contribution in [3.05, 3.63) is 48.6 Å². The van der Waals surface area contributed by atoms with Crippen LogP contribution in [0.3, 0.4) is 0 Å². The Morgan fingerprint density at radius 2 is 0.689 bits per heavy atom. The second kappa shape index (κ2) is 54.5. The van der Waals surface area contributed by atoms with Gasteiger partial charge in [-0.1, -0.05) is 249 Å². The van der Waals surface area contributed by atoms with Gasteiger partial charge < -0.3 is 14.6 Å². The first-order valence-corrected chi connectivity index (χ1v) is 27.2. The van der Waals surface area contributed by atoms with Crippen molar-refractivity contribution in [1.29, 1.82) is 0 Å². The number of carbonyl (C=O) groups is 1. The smallest absolute Gasteiger partial charge is 0.306 e. The summed E-state index contributed by atoms with van der Waals surface area (Å²) in [6.07, 6.45) is 72.2. The molecule has 0 saturated carbocycles. The number of rotatable bonds is 51. The molecular formula is C57H106O4. The van der Waals surface area contributed by atoms with Crippen LogP contribution in [0.1, 0.15) is 284 Å². The fourth-order valence-corrected chi connectivity index (χ4v) is 8.04. The first-order valence-electron chi connectivity index (χ1n) is 27.2. The van der Waals surface area contributed by atoms with Crippen LogP contribution < -0.4 is 0 Å². The number of hydrogen-bond acceptors (Lipinski definition) is 4. The number of unbranched alkanes of at least 4 members (excludes halogenated alkanes) is 35. The van der Waals surface area contributed by atoms with E-state index in [2.05, 4.69) is 62.5 Å². The van der Waals surface area contributed by atoms with Gasteiger partial charge in [0.2, 0.25) is 0 Å². The molecule has 0 saturated heterocycles. The highest BCUT2D eigenvalue weighted by Gasteiger charge is 2.13. The lowest BCUT2D eigenvalue weighted by molar-refractivity contribution is -0.154. The molecule has 1 atom stereocenters. The standard InChI is InChI=1S/C57H106O4/c1-3-5-7-9-11-13-15-17-19-21-23-25-27-28-29-31-33-35-37-39-41-43-45-47-49-51-53-60-55-56(54-58)61-57(59)52-50-48-46-44-42-40-38-36-34-32-30-26-24-22-20-18-16-14-12-10-8-6-4-2/h16,18,21-24,30,32,56,58H,3-15,17,19-20,25-29,31,33-55H2,1-2H3/b18-16-,23-21-,24-22-,32-30-. The summed E-state index contributed by atoms with van der Waals surface area (Å²) in [6.45, 7) is 5.36. The molecule has 61 heavy (non-hydrogen) atoms. The van der Waals surface area contributed by atoms with Crippen LogP contribution in [0.25, 0.3) is 0 Å². The SMILES string of the molecule is CCCCCCC/C=C\C/C=C\C/C=C\CCCCCCCCCCC(=O)OC(CO)COCCCCCCCCCCCCCCCC/C=C\CCCCCCCCCC. The minimum absolute atomic E-state index is 0.173. The molecule has 0 aromatic carbocycles. The molecule has 0 fully saturated rings.